The van der Waals surface area contributed by atoms with Gasteiger partial charge in [0.05, 0.1) is 17.6 Å². The summed E-state index contributed by atoms with van der Waals surface area (Å²) >= 11 is 0. The zero-order chi connectivity index (χ0) is 18.4. The number of sulfonamides is 1. The SMILES string of the molecule is [C-]#[N+]CC1(n2cc(-c3ncnc4[nH]ccc34)cn2)CN(S(=O)(=O)CC)C1. The molecular formula is C16H17N7O2S. The van der Waals surface area contributed by atoms with Gasteiger partial charge in [-0.2, -0.15) is 9.40 Å². The minimum atomic E-state index is -3.26. The van der Waals surface area contributed by atoms with Crippen LogP contribution in [0, 0.1) is 6.57 Å². The number of hydrogen-bond donors (Lipinski definition) is 1. The number of nitrogens with one attached hydrogen (secondary N) is 1. The van der Waals surface area contributed by atoms with Crippen LogP contribution in [0.15, 0.2) is 31.0 Å². The van der Waals surface area contributed by atoms with Gasteiger partial charge in [-0.25, -0.2) is 25.0 Å². The molecule has 3 aromatic heterocycles. The van der Waals surface area contributed by atoms with Gasteiger partial charge in [0.1, 0.15) is 12.0 Å². The number of rotatable bonds is 5. The van der Waals surface area contributed by atoms with E-state index in [0.717, 1.165) is 22.3 Å². The van der Waals surface area contributed by atoms with E-state index in [-0.39, 0.29) is 25.4 Å². The van der Waals surface area contributed by atoms with E-state index in [1.54, 1.807) is 24.0 Å². The maximum atomic E-state index is 12.0. The second-order valence-corrected chi connectivity index (χ2v) is 8.60. The quantitative estimate of drug-likeness (QED) is 0.677. The molecule has 1 aliphatic rings. The van der Waals surface area contributed by atoms with Crippen LogP contribution < -0.4 is 0 Å². The van der Waals surface area contributed by atoms with Gasteiger partial charge < -0.3 is 9.83 Å². The third-order valence-electron chi connectivity index (χ3n) is 4.77. The van der Waals surface area contributed by atoms with Gasteiger partial charge >= 0.3 is 0 Å². The highest BCUT2D eigenvalue weighted by molar-refractivity contribution is 7.89. The molecule has 1 fully saturated rings. The average molecular weight is 371 g/mol. The third kappa shape index (κ3) is 2.48. The van der Waals surface area contributed by atoms with Crippen LogP contribution in [0.2, 0.25) is 0 Å². The van der Waals surface area contributed by atoms with E-state index in [1.165, 1.54) is 10.6 Å². The van der Waals surface area contributed by atoms with Crippen molar-refractivity contribution in [3.05, 3.63) is 42.4 Å². The molecule has 3 aromatic rings. The smallest absolute Gasteiger partial charge is 0.242 e. The molecule has 10 heteroatoms. The first kappa shape index (κ1) is 16.7. The maximum Gasteiger partial charge on any atom is 0.242 e. The van der Waals surface area contributed by atoms with Crippen molar-refractivity contribution in [1.82, 2.24) is 29.0 Å². The van der Waals surface area contributed by atoms with Crippen molar-refractivity contribution in [2.24, 2.45) is 0 Å². The van der Waals surface area contributed by atoms with Crippen LogP contribution in [0.4, 0.5) is 0 Å². The lowest BCUT2D eigenvalue weighted by Gasteiger charge is -2.45. The molecule has 9 nitrogen and oxygen atoms in total. The van der Waals surface area contributed by atoms with Crippen molar-refractivity contribution < 1.29 is 8.42 Å². The van der Waals surface area contributed by atoms with Crippen molar-refractivity contribution in [2.75, 3.05) is 25.4 Å². The van der Waals surface area contributed by atoms with Gasteiger partial charge in [0.25, 0.3) is 0 Å². The van der Waals surface area contributed by atoms with E-state index in [4.69, 9.17) is 6.57 Å². The molecule has 0 saturated carbocycles. The van der Waals surface area contributed by atoms with Crippen molar-refractivity contribution in [1.29, 1.82) is 0 Å². The molecular weight excluding hydrogens is 354 g/mol. The number of aromatic nitrogens is 5. The Hall–Kier alpha value is -2.77. The predicted octanol–water partition coefficient (Wildman–Crippen LogP) is 1.10. The fraction of sp³-hybridized carbons (Fsp3) is 0.375. The number of fused-ring (bicyclic) bond motifs is 1. The summed E-state index contributed by atoms with van der Waals surface area (Å²) < 4.78 is 27.2. The first-order valence-electron chi connectivity index (χ1n) is 8.14. The second kappa shape index (κ2) is 5.89. The summed E-state index contributed by atoms with van der Waals surface area (Å²) in [6, 6.07) is 1.90. The molecule has 0 aromatic carbocycles. The molecule has 1 saturated heterocycles. The number of H-pyrrole nitrogens is 1. The Morgan fingerprint density at radius 2 is 2.19 bits per heavy atom. The molecule has 1 N–H and O–H groups in total. The fourth-order valence-electron chi connectivity index (χ4n) is 3.26. The van der Waals surface area contributed by atoms with Gasteiger partial charge in [-0.05, 0) is 13.0 Å². The second-order valence-electron chi connectivity index (χ2n) is 6.35. The Bertz CT molecular complexity index is 1100. The molecule has 0 unspecified atom stereocenters. The molecule has 0 atom stereocenters. The summed E-state index contributed by atoms with van der Waals surface area (Å²) in [4.78, 5) is 15.1. The van der Waals surface area contributed by atoms with Crippen molar-refractivity contribution in [2.45, 2.75) is 12.5 Å². The van der Waals surface area contributed by atoms with Gasteiger partial charge in [-0.1, -0.05) is 0 Å². The Morgan fingerprint density at radius 1 is 1.38 bits per heavy atom. The standard InChI is InChI=1S/C16H17N7O2S/c1-3-26(24,25)22-9-16(10-22,8-17-2)23-7-12(6-21-23)14-13-4-5-18-15(13)20-11-19-14/h4-7,11H,3,8-10H2,1H3,(H,18,19,20). The maximum absolute atomic E-state index is 12.0. The first-order chi connectivity index (χ1) is 12.5. The van der Waals surface area contributed by atoms with Gasteiger partial charge in [0, 0.05) is 36.4 Å². The van der Waals surface area contributed by atoms with Crippen LogP contribution in [-0.2, 0) is 15.6 Å². The van der Waals surface area contributed by atoms with Gasteiger partial charge in [0.2, 0.25) is 16.6 Å². The molecule has 0 amide bonds. The molecule has 1 aliphatic heterocycles. The Morgan fingerprint density at radius 3 is 2.92 bits per heavy atom. The molecule has 4 rings (SSSR count). The van der Waals surface area contributed by atoms with Crippen molar-refractivity contribution in [3.63, 3.8) is 0 Å². The highest BCUT2D eigenvalue weighted by atomic mass is 32.2. The summed E-state index contributed by atoms with van der Waals surface area (Å²) in [6.07, 6.45) is 6.81. The van der Waals surface area contributed by atoms with Crippen LogP contribution in [0.3, 0.4) is 0 Å². The fourth-order valence-corrected chi connectivity index (χ4v) is 4.50. The van der Waals surface area contributed by atoms with E-state index < -0.39 is 15.6 Å². The van der Waals surface area contributed by atoms with Gasteiger partial charge in [-0.3, -0.25) is 4.68 Å². The average Bonchev–Trinajstić information content (AvgIpc) is 3.26. The van der Waals surface area contributed by atoms with Crippen LogP contribution in [0.25, 0.3) is 27.1 Å². The van der Waals surface area contributed by atoms with Crippen molar-refractivity contribution in [3.8, 4) is 11.3 Å². The topological polar surface area (TPSA) is 101 Å². The Kier molecular flexibility index (Phi) is 3.78. The number of nitrogens with zero attached hydrogens (tertiary/aromatic N) is 6. The highest BCUT2D eigenvalue weighted by Gasteiger charge is 2.52. The monoisotopic (exact) mass is 371 g/mol. The molecule has 134 valence electrons. The normalized spacial score (nSPS) is 17.1. The van der Waals surface area contributed by atoms with E-state index >= 15 is 0 Å². The summed E-state index contributed by atoms with van der Waals surface area (Å²) in [7, 11) is -3.26. The highest BCUT2D eigenvalue weighted by Crippen LogP contribution is 2.33. The van der Waals surface area contributed by atoms with E-state index in [9.17, 15) is 8.42 Å². The van der Waals surface area contributed by atoms with Crippen molar-refractivity contribution >= 4 is 21.1 Å². The lowest BCUT2D eigenvalue weighted by molar-refractivity contribution is 0.0834. The zero-order valence-electron chi connectivity index (χ0n) is 14.1. The van der Waals surface area contributed by atoms with Crippen LogP contribution in [0.1, 0.15) is 6.92 Å². The molecule has 26 heavy (non-hydrogen) atoms. The molecule has 4 heterocycles. The predicted molar refractivity (Wildman–Crippen MR) is 95.6 cm³/mol. The summed E-state index contributed by atoms with van der Waals surface area (Å²) in [5, 5.41) is 5.30. The molecule has 0 bridgehead atoms. The summed E-state index contributed by atoms with van der Waals surface area (Å²) in [6.45, 7) is 9.57. The Labute approximate surface area is 150 Å². The summed E-state index contributed by atoms with van der Waals surface area (Å²) in [5.74, 6) is 0.0534. The van der Waals surface area contributed by atoms with Crippen LogP contribution in [0.5, 0.6) is 0 Å². The summed E-state index contributed by atoms with van der Waals surface area (Å²) in [5.41, 5.74) is 1.66. The Balaban J connectivity index is 1.69. The van der Waals surface area contributed by atoms with Crippen LogP contribution >= 0.6 is 0 Å². The van der Waals surface area contributed by atoms with E-state index in [2.05, 4.69) is 24.9 Å². The zero-order valence-corrected chi connectivity index (χ0v) is 14.9. The van der Waals surface area contributed by atoms with Gasteiger partial charge in [0.15, 0.2) is 5.54 Å². The first-order valence-corrected chi connectivity index (χ1v) is 9.75. The lowest BCUT2D eigenvalue weighted by Crippen LogP contribution is -2.65. The van der Waals surface area contributed by atoms with Gasteiger partial charge in [-0.15, -0.1) is 0 Å². The molecule has 0 spiro atoms. The number of hydrogen-bond acceptors (Lipinski definition) is 5. The molecule has 0 aliphatic carbocycles. The van der Waals surface area contributed by atoms with E-state index in [1.807, 2.05) is 12.3 Å². The molecule has 0 radical (unpaired) electrons. The van der Waals surface area contributed by atoms with Crippen LogP contribution in [-0.4, -0.2) is 62.8 Å². The minimum absolute atomic E-state index is 0.0534. The number of aromatic amines is 1. The minimum Gasteiger partial charge on any atom is -0.346 e. The third-order valence-corrected chi connectivity index (χ3v) is 6.54. The van der Waals surface area contributed by atoms with E-state index in [0.29, 0.717) is 0 Å². The lowest BCUT2D eigenvalue weighted by atomic mass is 9.92. The largest absolute Gasteiger partial charge is 0.346 e.